The molecule has 0 radical (unpaired) electrons. The number of fused-ring (bicyclic) bond motifs is 1. The van der Waals surface area contributed by atoms with Gasteiger partial charge in [-0.15, -0.1) is 0 Å². The highest BCUT2D eigenvalue weighted by molar-refractivity contribution is 14.1. The Balaban J connectivity index is 1.93. The van der Waals surface area contributed by atoms with Crippen LogP contribution in [-0.2, 0) is 0 Å². The van der Waals surface area contributed by atoms with E-state index in [2.05, 4.69) is 48.8 Å². The summed E-state index contributed by atoms with van der Waals surface area (Å²) in [6.07, 6.45) is 0. The summed E-state index contributed by atoms with van der Waals surface area (Å²) in [7, 11) is 1.61. The first-order valence-corrected chi connectivity index (χ1v) is 8.97. The molecular weight excluding hydrogens is 479 g/mol. The van der Waals surface area contributed by atoms with E-state index in [4.69, 9.17) is 4.74 Å². The van der Waals surface area contributed by atoms with E-state index in [0.717, 1.165) is 18.3 Å². The Hall–Kier alpha value is -1.19. The molecule has 2 aromatic carbocycles. The third-order valence-electron chi connectivity index (χ3n) is 3.00. The van der Waals surface area contributed by atoms with Gasteiger partial charge in [0.2, 0.25) is 0 Å². The highest BCUT2D eigenvalue weighted by atomic mass is 127. The maximum atomic E-state index is 12.4. The molecule has 0 aliphatic carbocycles. The number of nitrogens with zero attached hydrogens (tertiary/aromatic N) is 1. The zero-order chi connectivity index (χ0) is 15.7. The maximum absolute atomic E-state index is 12.4. The van der Waals surface area contributed by atoms with Gasteiger partial charge in [0, 0.05) is 8.04 Å². The molecule has 7 heteroatoms. The maximum Gasteiger partial charge on any atom is 0.258 e. The van der Waals surface area contributed by atoms with Gasteiger partial charge in [-0.2, -0.15) is 0 Å². The van der Waals surface area contributed by atoms with Crippen molar-refractivity contribution in [3.05, 3.63) is 50.0 Å². The molecule has 22 heavy (non-hydrogen) atoms. The molecule has 0 spiro atoms. The molecule has 112 valence electrons. The highest BCUT2D eigenvalue weighted by Crippen LogP contribution is 2.32. The van der Waals surface area contributed by atoms with Gasteiger partial charge in [0.05, 0.1) is 17.4 Å². The third kappa shape index (κ3) is 3.11. The quantitative estimate of drug-likeness (QED) is 0.532. The summed E-state index contributed by atoms with van der Waals surface area (Å²) in [4.78, 5) is 16.9. The molecular formula is C15H10BrIN2O2S. The number of carbonyl (C=O) groups excluding carboxylic acids is 1. The predicted octanol–water partition coefficient (Wildman–Crippen LogP) is 4.92. The molecule has 3 rings (SSSR count). The van der Waals surface area contributed by atoms with E-state index < -0.39 is 0 Å². The molecule has 1 amide bonds. The first-order chi connectivity index (χ1) is 10.6. The summed E-state index contributed by atoms with van der Waals surface area (Å²) in [6.45, 7) is 0. The first-order valence-electron chi connectivity index (χ1n) is 6.28. The van der Waals surface area contributed by atoms with Gasteiger partial charge in [0.15, 0.2) is 5.13 Å². The van der Waals surface area contributed by atoms with Gasteiger partial charge in [-0.1, -0.05) is 33.3 Å². The zero-order valence-corrected chi connectivity index (χ0v) is 16.0. The number of thiazole rings is 1. The topological polar surface area (TPSA) is 51.2 Å². The fraction of sp³-hybridized carbons (Fsp3) is 0.0667. The Morgan fingerprint density at radius 3 is 2.95 bits per heavy atom. The van der Waals surface area contributed by atoms with Gasteiger partial charge in [-0.05, 0) is 52.9 Å². The molecule has 4 nitrogen and oxygen atoms in total. The Labute approximate surface area is 153 Å². The van der Waals surface area contributed by atoms with Crippen molar-refractivity contribution in [2.24, 2.45) is 0 Å². The highest BCUT2D eigenvalue weighted by Gasteiger charge is 2.14. The van der Waals surface area contributed by atoms with Crippen LogP contribution in [0.3, 0.4) is 0 Å². The second-order valence-corrected chi connectivity index (χ2v) is 7.51. The smallest absolute Gasteiger partial charge is 0.258 e. The van der Waals surface area contributed by atoms with E-state index in [1.807, 2.05) is 30.3 Å². The molecule has 0 saturated carbocycles. The second kappa shape index (κ2) is 6.51. The van der Waals surface area contributed by atoms with E-state index in [0.29, 0.717) is 16.4 Å². The van der Waals surface area contributed by atoms with Gasteiger partial charge in [0.1, 0.15) is 11.3 Å². The minimum Gasteiger partial charge on any atom is -0.494 e. The summed E-state index contributed by atoms with van der Waals surface area (Å²) in [6, 6.07) is 11.3. The molecule has 0 unspecified atom stereocenters. The molecule has 0 bridgehead atoms. The van der Waals surface area contributed by atoms with Gasteiger partial charge in [-0.3, -0.25) is 10.1 Å². The number of ether oxygens (including phenoxy) is 1. The molecule has 0 aliphatic rings. The molecule has 3 aromatic rings. The van der Waals surface area contributed by atoms with Crippen LogP contribution in [0.2, 0.25) is 0 Å². The SMILES string of the molecule is COc1cccc2sc(NC(=O)c3cc(Br)ccc3I)nc12. The second-order valence-electron chi connectivity index (χ2n) is 4.40. The lowest BCUT2D eigenvalue weighted by molar-refractivity contribution is 0.102. The predicted molar refractivity (Wildman–Crippen MR) is 101 cm³/mol. The average molecular weight is 489 g/mol. The van der Waals surface area contributed by atoms with Crippen LogP contribution in [-0.4, -0.2) is 18.0 Å². The molecule has 1 aromatic heterocycles. The normalized spacial score (nSPS) is 10.7. The summed E-state index contributed by atoms with van der Waals surface area (Å²) in [5.41, 5.74) is 1.37. The van der Waals surface area contributed by atoms with Crippen LogP contribution in [0.25, 0.3) is 10.2 Å². The van der Waals surface area contributed by atoms with E-state index in [1.54, 1.807) is 13.2 Å². The van der Waals surface area contributed by atoms with E-state index in [9.17, 15) is 4.79 Å². The zero-order valence-electron chi connectivity index (χ0n) is 11.4. The van der Waals surface area contributed by atoms with E-state index in [1.165, 1.54) is 11.3 Å². The van der Waals surface area contributed by atoms with Gasteiger partial charge < -0.3 is 4.74 Å². The number of hydrogen-bond donors (Lipinski definition) is 1. The fourth-order valence-electron chi connectivity index (χ4n) is 1.98. The molecule has 0 saturated heterocycles. The van der Waals surface area contributed by atoms with Crippen molar-refractivity contribution in [3.63, 3.8) is 0 Å². The molecule has 0 atom stereocenters. The van der Waals surface area contributed by atoms with Crippen molar-refractivity contribution in [1.29, 1.82) is 0 Å². The lowest BCUT2D eigenvalue weighted by atomic mass is 10.2. The number of nitrogens with one attached hydrogen (secondary N) is 1. The third-order valence-corrected chi connectivity index (χ3v) is 5.37. The number of benzene rings is 2. The van der Waals surface area contributed by atoms with Crippen LogP contribution >= 0.6 is 49.9 Å². The summed E-state index contributed by atoms with van der Waals surface area (Å²) < 4.78 is 8.01. The van der Waals surface area contributed by atoms with Crippen LogP contribution in [0, 0.1) is 3.57 Å². The first kappa shape index (κ1) is 15.7. The largest absolute Gasteiger partial charge is 0.494 e. The van der Waals surface area contributed by atoms with Gasteiger partial charge in [-0.25, -0.2) is 4.98 Å². The van der Waals surface area contributed by atoms with Crippen LogP contribution in [0.5, 0.6) is 5.75 Å². The average Bonchev–Trinajstić information content (AvgIpc) is 2.91. The van der Waals surface area contributed by atoms with E-state index >= 15 is 0 Å². The number of anilines is 1. The number of para-hydroxylation sites is 1. The Morgan fingerprint density at radius 2 is 2.18 bits per heavy atom. The van der Waals surface area contributed by atoms with Crippen molar-refractivity contribution >= 4 is 71.1 Å². The lowest BCUT2D eigenvalue weighted by Gasteiger charge is -2.04. The van der Waals surface area contributed by atoms with E-state index in [-0.39, 0.29) is 5.91 Å². The fourth-order valence-corrected chi connectivity index (χ4v) is 3.80. The van der Waals surface area contributed by atoms with Crippen molar-refractivity contribution in [1.82, 2.24) is 4.98 Å². The number of halogens is 2. The van der Waals surface area contributed by atoms with Crippen molar-refractivity contribution in [2.45, 2.75) is 0 Å². The Morgan fingerprint density at radius 1 is 1.36 bits per heavy atom. The number of amides is 1. The van der Waals surface area contributed by atoms with Crippen molar-refractivity contribution < 1.29 is 9.53 Å². The number of aromatic nitrogens is 1. The minimum atomic E-state index is -0.177. The summed E-state index contributed by atoms with van der Waals surface area (Å²) in [5, 5.41) is 3.41. The van der Waals surface area contributed by atoms with Crippen molar-refractivity contribution in [3.8, 4) is 5.75 Å². The Kier molecular flexibility index (Phi) is 4.65. The molecule has 0 fully saturated rings. The van der Waals surface area contributed by atoms with Gasteiger partial charge >= 0.3 is 0 Å². The van der Waals surface area contributed by atoms with Crippen LogP contribution < -0.4 is 10.1 Å². The van der Waals surface area contributed by atoms with Crippen molar-refractivity contribution in [2.75, 3.05) is 12.4 Å². The van der Waals surface area contributed by atoms with Crippen LogP contribution in [0.4, 0.5) is 5.13 Å². The minimum absolute atomic E-state index is 0.177. The summed E-state index contributed by atoms with van der Waals surface area (Å²) >= 11 is 6.95. The molecule has 0 aliphatic heterocycles. The molecule has 1 N–H and O–H groups in total. The number of carbonyl (C=O) groups is 1. The number of methoxy groups -OCH3 is 1. The monoisotopic (exact) mass is 488 g/mol. The number of hydrogen-bond acceptors (Lipinski definition) is 4. The van der Waals surface area contributed by atoms with Gasteiger partial charge in [0.25, 0.3) is 5.91 Å². The summed E-state index contributed by atoms with van der Waals surface area (Å²) in [5.74, 6) is 0.523. The number of rotatable bonds is 3. The standard InChI is InChI=1S/C15H10BrIN2O2S/c1-21-11-3-2-4-12-13(11)18-15(22-12)19-14(20)9-7-8(16)5-6-10(9)17/h2-7H,1H3,(H,18,19,20). The Bertz CT molecular complexity index is 866. The lowest BCUT2D eigenvalue weighted by Crippen LogP contribution is -2.13. The van der Waals surface area contributed by atoms with Crippen LogP contribution in [0.1, 0.15) is 10.4 Å². The van der Waals surface area contributed by atoms with Crippen LogP contribution in [0.15, 0.2) is 40.9 Å². The molecule has 1 heterocycles.